The molecule has 1 aliphatic heterocycles. The van der Waals surface area contributed by atoms with Gasteiger partial charge in [-0.1, -0.05) is 42.5 Å². The van der Waals surface area contributed by atoms with E-state index in [4.69, 9.17) is 40.1 Å². The van der Waals surface area contributed by atoms with Gasteiger partial charge in [-0.2, -0.15) is 0 Å². The lowest BCUT2D eigenvalue weighted by molar-refractivity contribution is -0.393. The number of rotatable bonds is 30. The van der Waals surface area contributed by atoms with E-state index in [1.807, 2.05) is 0 Å². The van der Waals surface area contributed by atoms with Crippen molar-refractivity contribution in [2.45, 2.75) is 88.0 Å². The lowest BCUT2D eigenvalue weighted by Crippen LogP contribution is -2.59. The molecule has 410 valence electrons. The number of nitrogens with zero attached hydrogens (tertiary/aromatic N) is 6. The molecule has 20 N–H and O–H groups in total. The van der Waals surface area contributed by atoms with Gasteiger partial charge in [0, 0.05) is 57.4 Å². The molecule has 1 heterocycles. The molecule has 0 unspecified atom stereocenters. The van der Waals surface area contributed by atoms with Gasteiger partial charge in [0.05, 0.1) is 21.5 Å². The minimum atomic E-state index is -1.32. The molecule has 1 fully saturated rings. The van der Waals surface area contributed by atoms with Gasteiger partial charge >= 0.3 is 0 Å². The van der Waals surface area contributed by atoms with Crippen LogP contribution in [-0.2, 0) is 30.4 Å². The Labute approximate surface area is 437 Å². The number of nitrogens with two attached hydrogens (primary N) is 7. The smallest absolute Gasteiger partial charge is 0.299 e. The Morgan fingerprint density at radius 2 is 1.20 bits per heavy atom. The number of anilines is 2. The first-order valence-electron chi connectivity index (χ1n) is 24.3. The summed E-state index contributed by atoms with van der Waals surface area (Å²) in [7, 11) is 0. The standard InChI is InChI=1S/C47H67N19O10/c48-31-13-5-4-12-30(31)39(67)63-36(26-28-10-2-1-3-11-28)42(70)60-34(15-7-21-58-46(51)52)41(69)62-35(16-8-22-59-47(53)54)44(72)64-25-9-17-37(64)43(71)61-33(14-6-20-57-45(49)50)40(68)56-24-23-55-32-19-18-29(65(73)74)27-38(32)66(75)76/h1-5,10-13,18-19,27,33-37,55H,6-9,14-17,20-26,48H2,(H,56,68)(H,60,70)(H,61,71)(H,62,69)(H,63,67)(H4,49,50,57)(H4,51,52,58)(H4,53,54,59)/t33-,34-,35-,36-,37-/m0/s1. The molecule has 0 saturated carbocycles. The Hall–Kier alpha value is -9.31. The Morgan fingerprint density at radius 1 is 0.645 bits per heavy atom. The second kappa shape index (κ2) is 30.0. The zero-order chi connectivity index (χ0) is 55.7. The highest BCUT2D eigenvalue weighted by atomic mass is 16.6. The van der Waals surface area contributed by atoms with E-state index < -0.39 is 86.9 Å². The van der Waals surface area contributed by atoms with Crippen molar-refractivity contribution < 1.29 is 38.6 Å². The maximum Gasteiger partial charge on any atom is 0.299 e. The molecule has 76 heavy (non-hydrogen) atoms. The number of nitro benzene ring substituents is 2. The van der Waals surface area contributed by atoms with E-state index >= 15 is 0 Å². The second-order valence-corrected chi connectivity index (χ2v) is 17.5. The van der Waals surface area contributed by atoms with Gasteiger partial charge in [-0.3, -0.25) is 64.0 Å². The topological polar surface area (TPSA) is 483 Å². The van der Waals surface area contributed by atoms with Crippen LogP contribution in [-0.4, -0.2) is 138 Å². The molecule has 0 spiro atoms. The van der Waals surface area contributed by atoms with Crippen LogP contribution in [0.1, 0.15) is 67.3 Å². The quantitative estimate of drug-likeness (QED) is 0.00880. The van der Waals surface area contributed by atoms with E-state index in [0.717, 1.165) is 12.1 Å². The summed E-state index contributed by atoms with van der Waals surface area (Å²) in [5.74, 6) is -4.76. The normalized spacial score (nSPS) is 14.3. The third-order valence-electron chi connectivity index (χ3n) is 11.8. The minimum Gasteiger partial charge on any atom is -0.398 e. The van der Waals surface area contributed by atoms with Crippen molar-refractivity contribution >= 4 is 76.1 Å². The summed E-state index contributed by atoms with van der Waals surface area (Å²) in [6.07, 6.45) is 1.13. The molecule has 0 aromatic heterocycles. The first-order valence-corrected chi connectivity index (χ1v) is 24.3. The van der Waals surface area contributed by atoms with Crippen molar-refractivity contribution in [1.29, 1.82) is 0 Å². The molecular formula is C47H67N19O10. The number of para-hydroxylation sites is 1. The zero-order valence-electron chi connectivity index (χ0n) is 41.7. The van der Waals surface area contributed by atoms with Crippen LogP contribution in [0.3, 0.4) is 0 Å². The SMILES string of the molecule is NC(N)=NCCC[C@H](NC(=O)[C@H](Cc1ccccc1)NC(=O)c1ccccc1N)C(=O)N[C@@H](CCCN=C(N)N)C(=O)N1CCC[C@H]1C(=O)N[C@@H](CCCN=C(N)N)C(=O)NCCNc1ccc([N+](=O)[O-])cc1[N+](=O)[O-]. The van der Waals surface area contributed by atoms with E-state index in [-0.39, 0.29) is 125 Å². The number of hydrogen-bond donors (Lipinski definition) is 13. The summed E-state index contributed by atoms with van der Waals surface area (Å²) in [6.45, 7) is 0.156. The van der Waals surface area contributed by atoms with Crippen LogP contribution in [0.15, 0.2) is 87.8 Å². The fourth-order valence-electron chi connectivity index (χ4n) is 8.06. The molecule has 29 heteroatoms. The van der Waals surface area contributed by atoms with Crippen molar-refractivity contribution in [2.75, 3.05) is 50.3 Å². The van der Waals surface area contributed by atoms with Crippen molar-refractivity contribution in [3.63, 3.8) is 0 Å². The number of nitrogens with one attached hydrogen (secondary N) is 6. The number of non-ortho nitro benzene ring substituents is 1. The molecule has 0 bridgehead atoms. The average molecular weight is 1060 g/mol. The number of carbonyl (C=O) groups excluding carboxylic acids is 6. The lowest BCUT2D eigenvalue weighted by atomic mass is 10.0. The lowest BCUT2D eigenvalue weighted by Gasteiger charge is -2.31. The zero-order valence-corrected chi connectivity index (χ0v) is 41.7. The van der Waals surface area contributed by atoms with Crippen molar-refractivity contribution in [3.05, 3.63) is 104 Å². The van der Waals surface area contributed by atoms with Crippen molar-refractivity contribution in [2.24, 2.45) is 49.4 Å². The monoisotopic (exact) mass is 1060 g/mol. The number of hydrogen-bond acceptors (Lipinski definition) is 15. The van der Waals surface area contributed by atoms with Crippen LogP contribution in [0, 0.1) is 20.2 Å². The number of aliphatic imine (C=N–C) groups is 3. The first kappa shape index (κ1) is 59.3. The molecule has 1 aliphatic rings. The largest absolute Gasteiger partial charge is 0.398 e. The van der Waals surface area contributed by atoms with Crippen LogP contribution in [0.25, 0.3) is 0 Å². The van der Waals surface area contributed by atoms with Gasteiger partial charge in [0.15, 0.2) is 17.9 Å². The summed E-state index contributed by atoms with van der Waals surface area (Å²) < 4.78 is 0. The van der Waals surface area contributed by atoms with Crippen LogP contribution in [0.2, 0.25) is 0 Å². The number of nitrogen functional groups attached to an aromatic ring is 1. The summed E-state index contributed by atoms with van der Waals surface area (Å²) in [6, 6.07) is 12.1. The number of nitro groups is 2. The molecule has 6 amide bonds. The maximum absolute atomic E-state index is 14.7. The van der Waals surface area contributed by atoms with Crippen LogP contribution >= 0.6 is 0 Å². The summed E-state index contributed by atoms with van der Waals surface area (Å²) in [5.41, 5.74) is 39.2. The van der Waals surface area contributed by atoms with E-state index in [2.05, 4.69) is 46.9 Å². The van der Waals surface area contributed by atoms with Gasteiger partial charge in [-0.15, -0.1) is 0 Å². The number of benzene rings is 3. The molecule has 0 radical (unpaired) electrons. The highest BCUT2D eigenvalue weighted by molar-refractivity contribution is 6.02. The van der Waals surface area contributed by atoms with Gasteiger partial charge in [-0.25, -0.2) is 0 Å². The predicted octanol–water partition coefficient (Wildman–Crippen LogP) is -1.74. The molecule has 29 nitrogen and oxygen atoms in total. The molecular weight excluding hydrogens is 991 g/mol. The Balaban J connectivity index is 1.56. The molecule has 3 aromatic rings. The molecule has 1 saturated heterocycles. The van der Waals surface area contributed by atoms with Gasteiger partial charge in [0.2, 0.25) is 29.5 Å². The van der Waals surface area contributed by atoms with Crippen LogP contribution in [0.4, 0.5) is 22.7 Å². The van der Waals surface area contributed by atoms with E-state index in [0.29, 0.717) is 12.0 Å². The van der Waals surface area contributed by atoms with E-state index in [9.17, 15) is 49.0 Å². The van der Waals surface area contributed by atoms with Crippen LogP contribution in [0.5, 0.6) is 0 Å². The number of likely N-dealkylation sites (tertiary alicyclic amines) is 1. The molecule has 3 aromatic carbocycles. The Morgan fingerprint density at radius 3 is 1.78 bits per heavy atom. The number of amides is 6. The molecule has 4 rings (SSSR count). The third kappa shape index (κ3) is 19.3. The van der Waals surface area contributed by atoms with Crippen molar-refractivity contribution in [3.8, 4) is 0 Å². The third-order valence-corrected chi connectivity index (χ3v) is 11.8. The van der Waals surface area contributed by atoms with Gasteiger partial charge in [-0.05, 0) is 75.1 Å². The highest BCUT2D eigenvalue weighted by Crippen LogP contribution is 2.29. The van der Waals surface area contributed by atoms with Gasteiger partial charge in [0.25, 0.3) is 17.3 Å². The average Bonchev–Trinajstić information content (AvgIpc) is 3.88. The van der Waals surface area contributed by atoms with Gasteiger partial charge < -0.3 is 76.9 Å². The Bertz CT molecular complexity index is 2610. The second-order valence-electron chi connectivity index (χ2n) is 17.5. The summed E-state index contributed by atoms with van der Waals surface area (Å²) in [5, 5.41) is 39.2. The van der Waals surface area contributed by atoms with Crippen LogP contribution < -0.4 is 72.0 Å². The molecule has 0 aliphatic carbocycles. The minimum absolute atomic E-state index is 0.0187. The van der Waals surface area contributed by atoms with E-state index in [1.165, 1.54) is 23.1 Å². The summed E-state index contributed by atoms with van der Waals surface area (Å²) in [4.78, 5) is 119. The van der Waals surface area contributed by atoms with Gasteiger partial charge in [0.1, 0.15) is 35.9 Å². The fourth-order valence-corrected chi connectivity index (χ4v) is 8.06. The van der Waals surface area contributed by atoms with E-state index in [1.54, 1.807) is 42.5 Å². The fraction of sp³-hybridized carbons (Fsp3) is 0.426. The predicted molar refractivity (Wildman–Crippen MR) is 284 cm³/mol. The summed E-state index contributed by atoms with van der Waals surface area (Å²) >= 11 is 0. The number of carbonyl (C=O) groups is 6. The number of guanidine groups is 3. The van der Waals surface area contributed by atoms with Crippen molar-refractivity contribution in [1.82, 2.24) is 31.5 Å². The Kier molecular flexibility index (Phi) is 23.4. The highest BCUT2D eigenvalue weighted by Gasteiger charge is 2.40. The maximum atomic E-state index is 14.7. The first-order chi connectivity index (χ1) is 36.2. The molecule has 5 atom stereocenters.